The molecular weight excluding hydrogens is 463 g/mol. The average molecular weight is 489 g/mol. The highest BCUT2D eigenvalue weighted by Gasteiger charge is 2.29. The van der Waals surface area contributed by atoms with Gasteiger partial charge in [-0.05, 0) is 55.3 Å². The number of nitrogens with two attached hydrogens (primary N) is 1. The van der Waals surface area contributed by atoms with E-state index in [1.807, 2.05) is 36.4 Å². The first-order chi connectivity index (χ1) is 17.0. The van der Waals surface area contributed by atoms with Gasteiger partial charge in [-0.1, -0.05) is 54.2 Å². The molecule has 3 aromatic rings. The Morgan fingerprint density at radius 3 is 2.54 bits per heavy atom. The van der Waals surface area contributed by atoms with Crippen molar-refractivity contribution in [2.75, 3.05) is 10.7 Å². The lowest BCUT2D eigenvalue weighted by molar-refractivity contribution is -0.00618. The summed E-state index contributed by atoms with van der Waals surface area (Å²) >= 11 is 1.71. The van der Waals surface area contributed by atoms with Crippen LogP contribution >= 0.6 is 11.8 Å². The lowest BCUT2D eigenvalue weighted by atomic mass is 10.1. The Balaban J connectivity index is 1.40. The SMILES string of the molecule is Cc1ccccc1N1/C(=N/N=C/c2ccc(C(N)=NC=Nc3ccc(OF)cc3)cc2)SCC1C. The van der Waals surface area contributed by atoms with Gasteiger partial charge < -0.3 is 10.6 Å². The Morgan fingerprint density at radius 1 is 1.09 bits per heavy atom. The fourth-order valence-electron chi connectivity index (χ4n) is 3.48. The number of anilines is 1. The number of benzene rings is 3. The number of thioether (sulfide) groups is 1. The van der Waals surface area contributed by atoms with Gasteiger partial charge in [0, 0.05) is 27.6 Å². The predicted octanol–water partition coefficient (Wildman–Crippen LogP) is 5.66. The molecule has 9 heteroatoms. The summed E-state index contributed by atoms with van der Waals surface area (Å²) in [4.78, 5) is 14.2. The zero-order valence-electron chi connectivity index (χ0n) is 19.4. The highest BCUT2D eigenvalue weighted by molar-refractivity contribution is 8.14. The van der Waals surface area contributed by atoms with Gasteiger partial charge in [-0.25, -0.2) is 9.98 Å². The fourth-order valence-corrected chi connectivity index (χ4v) is 4.54. The summed E-state index contributed by atoms with van der Waals surface area (Å²) in [5.74, 6) is 1.41. The first-order valence-electron chi connectivity index (χ1n) is 11.0. The van der Waals surface area contributed by atoms with Gasteiger partial charge in [0.05, 0.1) is 11.9 Å². The van der Waals surface area contributed by atoms with Gasteiger partial charge in [-0.2, -0.15) is 5.10 Å². The molecule has 3 aromatic carbocycles. The van der Waals surface area contributed by atoms with Gasteiger partial charge in [0.15, 0.2) is 10.9 Å². The van der Waals surface area contributed by atoms with Crippen molar-refractivity contribution in [3.05, 3.63) is 89.5 Å². The minimum atomic E-state index is 0.113. The number of para-hydroxylation sites is 1. The van der Waals surface area contributed by atoms with Crippen molar-refractivity contribution >= 4 is 46.7 Å². The molecule has 0 bridgehead atoms. The normalized spacial score (nSPS) is 17.7. The van der Waals surface area contributed by atoms with E-state index >= 15 is 0 Å². The molecule has 4 rings (SSSR count). The van der Waals surface area contributed by atoms with Gasteiger partial charge in [0.2, 0.25) is 0 Å². The maximum absolute atomic E-state index is 12.1. The van der Waals surface area contributed by atoms with Crippen molar-refractivity contribution in [2.24, 2.45) is 25.9 Å². The highest BCUT2D eigenvalue weighted by Crippen LogP contribution is 2.32. The lowest BCUT2D eigenvalue weighted by Gasteiger charge is -2.24. The molecule has 0 saturated carbocycles. The van der Waals surface area contributed by atoms with Crippen molar-refractivity contribution in [3.8, 4) is 5.75 Å². The van der Waals surface area contributed by atoms with E-state index in [4.69, 9.17) is 5.73 Å². The van der Waals surface area contributed by atoms with Gasteiger partial charge >= 0.3 is 0 Å². The maximum Gasteiger partial charge on any atom is 0.190 e. The number of amidine groups is 2. The van der Waals surface area contributed by atoms with Gasteiger partial charge in [0.1, 0.15) is 12.2 Å². The first kappa shape index (κ1) is 24.2. The third-order valence-corrected chi connectivity index (χ3v) is 6.55. The average Bonchev–Trinajstić information content (AvgIpc) is 3.25. The second kappa shape index (κ2) is 11.4. The summed E-state index contributed by atoms with van der Waals surface area (Å²) in [5, 5.41) is 9.70. The van der Waals surface area contributed by atoms with Crippen LogP contribution in [0.3, 0.4) is 0 Å². The van der Waals surface area contributed by atoms with Crippen LogP contribution in [0.4, 0.5) is 15.9 Å². The van der Waals surface area contributed by atoms with E-state index in [0.29, 0.717) is 17.6 Å². The van der Waals surface area contributed by atoms with Crippen LogP contribution in [0.1, 0.15) is 23.6 Å². The Bertz CT molecular complexity index is 1270. The Labute approximate surface area is 207 Å². The molecule has 0 amide bonds. The molecule has 0 aromatic heterocycles. The molecule has 1 aliphatic rings. The van der Waals surface area contributed by atoms with Crippen LogP contribution < -0.4 is 15.6 Å². The summed E-state index contributed by atoms with van der Waals surface area (Å²) in [6.07, 6.45) is 3.07. The molecule has 1 aliphatic heterocycles. The van der Waals surface area contributed by atoms with Crippen molar-refractivity contribution in [1.29, 1.82) is 0 Å². The number of rotatable bonds is 7. The van der Waals surface area contributed by atoms with Gasteiger partial charge in [-0.15, -0.1) is 5.10 Å². The van der Waals surface area contributed by atoms with E-state index in [0.717, 1.165) is 27.7 Å². The standard InChI is InChI=1S/C26H25FN6OS/c1-18-5-3-4-6-24(18)33-19(2)16-35-26(33)32-31-15-20-7-9-21(10-8-20)25(28)30-17-29-22-11-13-23(34-27)14-12-22/h3-15,17,19H,16H2,1-2H3,(H2,28,29,30)/b31-15+,32-26-. The minimum absolute atomic E-state index is 0.113. The van der Waals surface area contributed by atoms with Crippen molar-refractivity contribution < 1.29 is 9.47 Å². The minimum Gasteiger partial charge on any atom is -0.383 e. The van der Waals surface area contributed by atoms with Crippen LogP contribution in [0, 0.1) is 6.92 Å². The van der Waals surface area contributed by atoms with Crippen molar-refractivity contribution in [1.82, 2.24) is 0 Å². The maximum atomic E-state index is 12.1. The topological polar surface area (TPSA) is 87.9 Å². The summed E-state index contributed by atoms with van der Waals surface area (Å²) in [7, 11) is 0. The second-order valence-electron chi connectivity index (χ2n) is 7.90. The Hall–Kier alpha value is -3.98. The molecule has 1 heterocycles. The lowest BCUT2D eigenvalue weighted by Crippen LogP contribution is -2.31. The zero-order valence-corrected chi connectivity index (χ0v) is 20.2. The predicted molar refractivity (Wildman–Crippen MR) is 144 cm³/mol. The molecule has 0 radical (unpaired) electrons. The molecule has 7 nitrogen and oxygen atoms in total. The molecule has 2 N–H and O–H groups in total. The molecule has 0 spiro atoms. The van der Waals surface area contributed by atoms with Crippen LogP contribution in [0.2, 0.25) is 0 Å². The molecule has 0 aliphatic carbocycles. The number of halogens is 1. The van der Waals surface area contributed by atoms with E-state index in [9.17, 15) is 4.53 Å². The number of hydrogen-bond donors (Lipinski definition) is 1. The fraction of sp³-hybridized carbons (Fsp3) is 0.154. The number of hydrogen-bond acceptors (Lipinski definition) is 5. The number of aryl methyl sites for hydroxylation is 1. The van der Waals surface area contributed by atoms with Crippen LogP contribution in [0.25, 0.3) is 0 Å². The smallest absolute Gasteiger partial charge is 0.190 e. The van der Waals surface area contributed by atoms with Crippen LogP contribution in [0.5, 0.6) is 5.75 Å². The van der Waals surface area contributed by atoms with Crippen LogP contribution in [-0.4, -0.2) is 35.4 Å². The second-order valence-corrected chi connectivity index (χ2v) is 8.88. The molecule has 178 valence electrons. The summed E-state index contributed by atoms with van der Waals surface area (Å²) < 4.78 is 12.1. The monoisotopic (exact) mass is 488 g/mol. The summed E-state index contributed by atoms with van der Waals surface area (Å²) in [6.45, 7) is 4.30. The molecule has 1 saturated heterocycles. The number of aliphatic imine (C=N–C) groups is 2. The van der Waals surface area contributed by atoms with Gasteiger partial charge in [0.25, 0.3) is 0 Å². The van der Waals surface area contributed by atoms with Gasteiger partial charge in [-0.3, -0.25) is 4.94 Å². The van der Waals surface area contributed by atoms with E-state index in [1.54, 1.807) is 30.1 Å². The van der Waals surface area contributed by atoms with E-state index in [-0.39, 0.29) is 5.75 Å². The van der Waals surface area contributed by atoms with Crippen molar-refractivity contribution in [2.45, 2.75) is 19.9 Å². The molecule has 1 fully saturated rings. The molecule has 1 atom stereocenters. The van der Waals surface area contributed by atoms with E-state index in [2.05, 4.69) is 56.0 Å². The Morgan fingerprint density at radius 2 is 1.83 bits per heavy atom. The molecule has 35 heavy (non-hydrogen) atoms. The van der Waals surface area contributed by atoms with Crippen molar-refractivity contribution in [3.63, 3.8) is 0 Å². The molecule has 1 unspecified atom stereocenters. The largest absolute Gasteiger partial charge is 0.383 e. The Kier molecular flexibility index (Phi) is 7.89. The van der Waals surface area contributed by atoms with E-state index in [1.165, 1.54) is 24.0 Å². The summed E-state index contributed by atoms with van der Waals surface area (Å²) in [6, 6.07) is 22.3. The third kappa shape index (κ3) is 6.13. The third-order valence-electron chi connectivity index (χ3n) is 5.36. The van der Waals surface area contributed by atoms with Crippen LogP contribution in [-0.2, 0) is 0 Å². The van der Waals surface area contributed by atoms with Crippen LogP contribution in [0.15, 0.2) is 93.0 Å². The molecular formula is C26H25FN6OS. The quantitative estimate of drug-likeness (QED) is 0.264. The van der Waals surface area contributed by atoms with E-state index < -0.39 is 0 Å². The number of nitrogens with zero attached hydrogens (tertiary/aromatic N) is 5. The summed E-state index contributed by atoms with van der Waals surface area (Å²) in [5.41, 5.74) is 10.7. The highest BCUT2D eigenvalue weighted by atomic mass is 32.2. The zero-order chi connectivity index (χ0) is 24.6. The first-order valence-corrected chi connectivity index (χ1v) is 12.0.